The molecular weight excluding hydrogens is 426 g/mol. The molecule has 2 aliphatic rings. The second-order valence-electron chi connectivity index (χ2n) is 11.5. The van der Waals surface area contributed by atoms with Gasteiger partial charge < -0.3 is 18.6 Å². The molecule has 0 amide bonds. The van der Waals surface area contributed by atoms with Crippen LogP contribution in [0.4, 0.5) is 11.4 Å². The fourth-order valence-corrected chi connectivity index (χ4v) is 3.91. The van der Waals surface area contributed by atoms with Gasteiger partial charge in [-0.05, 0) is 93.5 Å². The zero-order valence-electron chi connectivity index (χ0n) is 22.3. The van der Waals surface area contributed by atoms with Crippen molar-refractivity contribution in [3.8, 4) is 0 Å². The van der Waals surface area contributed by atoms with Crippen LogP contribution in [0.15, 0.2) is 48.5 Å². The summed E-state index contributed by atoms with van der Waals surface area (Å²) in [5.41, 5.74) is 2.17. The summed E-state index contributed by atoms with van der Waals surface area (Å²) in [5.74, 6) is 0. The van der Waals surface area contributed by atoms with Gasteiger partial charge in [-0.25, -0.2) is 0 Å². The lowest BCUT2D eigenvalue weighted by Crippen LogP contribution is -2.61. The summed E-state index contributed by atoms with van der Waals surface area (Å²) in [7, 11) is -1.37. The number of anilines is 2. The van der Waals surface area contributed by atoms with Crippen LogP contribution in [0.5, 0.6) is 0 Å². The third kappa shape index (κ3) is 4.37. The highest BCUT2D eigenvalue weighted by molar-refractivity contribution is 6.59. The first-order chi connectivity index (χ1) is 15.6. The predicted octanol–water partition coefficient (Wildman–Crippen LogP) is 5.71. The number of hydrogen-bond donors (Lipinski definition) is 0. The van der Waals surface area contributed by atoms with Crippen LogP contribution in [0.1, 0.15) is 66.5 Å². The van der Waals surface area contributed by atoms with Crippen LogP contribution in [-0.2, 0) is 18.6 Å². The molecule has 8 heteroatoms. The van der Waals surface area contributed by atoms with Crippen molar-refractivity contribution in [2.24, 2.45) is 0 Å². The van der Waals surface area contributed by atoms with Crippen LogP contribution < -0.4 is 9.84 Å². The SMILES string of the molecule is Cc1ccc(N(B2OC(C)(C)C(C)(C)O2)N(B2OC(C)(C)C(C)(C)O2)c2ccc(C)cc2)cc1. The predicted molar refractivity (Wildman–Crippen MR) is 139 cm³/mol. The summed E-state index contributed by atoms with van der Waals surface area (Å²) >= 11 is 0. The summed E-state index contributed by atoms with van der Waals surface area (Å²) in [6, 6.07) is 16.7. The minimum Gasteiger partial charge on any atom is -0.383 e. The van der Waals surface area contributed by atoms with Gasteiger partial charge in [0.25, 0.3) is 0 Å². The molecule has 2 aromatic rings. The lowest BCUT2D eigenvalue weighted by atomic mass is 9.90. The molecule has 6 nitrogen and oxygen atoms in total. The standard InChI is InChI=1S/C26H38B2N2O4/c1-19-11-15-21(16-12-19)29(27-31-23(3,4)24(5,6)32-27)30(22-17-13-20(2)14-18-22)28-33-25(7,8)26(9,10)34-28/h11-18H,1-10H3. The molecule has 0 atom stereocenters. The molecule has 0 aromatic heterocycles. The number of hydrazine groups is 1. The van der Waals surface area contributed by atoms with Crippen LogP contribution in [-0.4, -0.2) is 36.9 Å². The second kappa shape index (κ2) is 8.30. The Balaban J connectivity index is 1.86. The number of hydrogen-bond acceptors (Lipinski definition) is 6. The van der Waals surface area contributed by atoms with Gasteiger partial charge in [0.1, 0.15) is 0 Å². The Morgan fingerprint density at radius 3 is 0.941 bits per heavy atom. The molecule has 2 fully saturated rings. The Kier molecular flexibility index (Phi) is 6.13. The second-order valence-corrected chi connectivity index (χ2v) is 11.5. The quantitative estimate of drug-likeness (QED) is 0.418. The van der Waals surface area contributed by atoms with Gasteiger partial charge >= 0.3 is 14.5 Å². The van der Waals surface area contributed by atoms with Crippen molar-refractivity contribution < 1.29 is 18.6 Å². The molecule has 0 radical (unpaired) electrons. The smallest absolute Gasteiger partial charge is 0.383 e. The van der Waals surface area contributed by atoms with Crippen molar-refractivity contribution in [3.05, 3.63) is 59.7 Å². The van der Waals surface area contributed by atoms with Gasteiger partial charge in [-0.1, -0.05) is 35.4 Å². The number of nitrogens with zero attached hydrogens (tertiary/aromatic N) is 2. The highest BCUT2D eigenvalue weighted by atomic mass is 16.7. The Hall–Kier alpha value is -1.99. The van der Waals surface area contributed by atoms with E-state index in [1.165, 1.54) is 11.1 Å². The molecular formula is C26H38B2N2O4. The maximum absolute atomic E-state index is 6.55. The minimum atomic E-state index is -0.687. The Morgan fingerprint density at radius 1 is 0.471 bits per heavy atom. The van der Waals surface area contributed by atoms with Gasteiger partial charge in [-0.3, -0.25) is 9.84 Å². The molecule has 0 aliphatic carbocycles. The fraction of sp³-hybridized carbons (Fsp3) is 0.538. The highest BCUT2D eigenvalue weighted by Crippen LogP contribution is 2.43. The highest BCUT2D eigenvalue weighted by Gasteiger charge is 2.60. The number of aryl methyl sites for hydroxylation is 2. The van der Waals surface area contributed by atoms with E-state index in [2.05, 4.69) is 118 Å². The van der Waals surface area contributed by atoms with Crippen molar-refractivity contribution in [2.75, 3.05) is 9.84 Å². The number of rotatable bonds is 5. The van der Waals surface area contributed by atoms with Crippen LogP contribution in [0.3, 0.4) is 0 Å². The Morgan fingerprint density at radius 2 is 0.706 bits per heavy atom. The summed E-state index contributed by atoms with van der Waals surface area (Å²) < 4.78 is 26.2. The fourth-order valence-electron chi connectivity index (χ4n) is 3.91. The molecule has 34 heavy (non-hydrogen) atoms. The maximum Gasteiger partial charge on any atom is 0.613 e. The molecule has 2 saturated heterocycles. The first kappa shape index (κ1) is 25.1. The first-order valence-electron chi connectivity index (χ1n) is 12.1. The topological polar surface area (TPSA) is 43.4 Å². The Labute approximate surface area is 205 Å². The molecule has 0 saturated carbocycles. The van der Waals surface area contributed by atoms with E-state index in [4.69, 9.17) is 18.6 Å². The van der Waals surface area contributed by atoms with Gasteiger partial charge in [0.2, 0.25) is 0 Å². The van der Waals surface area contributed by atoms with Crippen molar-refractivity contribution in [1.82, 2.24) is 0 Å². The first-order valence-corrected chi connectivity index (χ1v) is 12.1. The van der Waals surface area contributed by atoms with Crippen LogP contribution >= 0.6 is 0 Å². The monoisotopic (exact) mass is 464 g/mol. The van der Waals surface area contributed by atoms with Crippen molar-refractivity contribution in [3.63, 3.8) is 0 Å². The summed E-state index contributed by atoms with van der Waals surface area (Å²) in [4.78, 5) is 4.03. The normalized spacial score (nSPS) is 22.2. The third-order valence-corrected chi connectivity index (χ3v) is 7.71. The van der Waals surface area contributed by atoms with E-state index in [0.29, 0.717) is 0 Å². The van der Waals surface area contributed by atoms with E-state index in [0.717, 1.165) is 11.4 Å². The lowest BCUT2D eigenvalue weighted by molar-refractivity contribution is 0.00578. The molecule has 0 N–H and O–H groups in total. The van der Waals surface area contributed by atoms with Gasteiger partial charge in [-0.2, -0.15) is 0 Å². The average molecular weight is 464 g/mol. The molecule has 0 bridgehead atoms. The molecule has 0 unspecified atom stereocenters. The van der Waals surface area contributed by atoms with E-state index < -0.39 is 36.9 Å². The molecule has 2 heterocycles. The number of benzene rings is 2. The zero-order chi connectivity index (χ0) is 25.1. The van der Waals surface area contributed by atoms with E-state index in [1.807, 2.05) is 9.84 Å². The molecule has 0 spiro atoms. The summed E-state index contributed by atoms with van der Waals surface area (Å²) in [6.45, 7) is 20.6. The van der Waals surface area contributed by atoms with E-state index in [-0.39, 0.29) is 0 Å². The molecule has 182 valence electrons. The van der Waals surface area contributed by atoms with E-state index >= 15 is 0 Å². The van der Waals surface area contributed by atoms with Crippen LogP contribution in [0.25, 0.3) is 0 Å². The van der Waals surface area contributed by atoms with E-state index in [1.54, 1.807) is 0 Å². The maximum atomic E-state index is 6.55. The van der Waals surface area contributed by atoms with Crippen molar-refractivity contribution >= 4 is 25.9 Å². The van der Waals surface area contributed by atoms with Gasteiger partial charge in [0.15, 0.2) is 0 Å². The Bertz CT molecular complexity index is 907. The molecule has 4 rings (SSSR count). The summed E-state index contributed by atoms with van der Waals surface area (Å²) in [6.07, 6.45) is 0. The lowest BCUT2D eigenvalue weighted by Gasteiger charge is -2.40. The molecule has 2 aliphatic heterocycles. The molecule has 2 aromatic carbocycles. The third-order valence-electron chi connectivity index (χ3n) is 7.71. The van der Waals surface area contributed by atoms with Gasteiger partial charge in [0, 0.05) is 11.4 Å². The van der Waals surface area contributed by atoms with Gasteiger partial charge in [0.05, 0.1) is 22.4 Å². The average Bonchev–Trinajstić information content (AvgIpc) is 3.07. The zero-order valence-corrected chi connectivity index (χ0v) is 22.3. The van der Waals surface area contributed by atoms with Gasteiger partial charge in [-0.15, -0.1) is 0 Å². The van der Waals surface area contributed by atoms with Crippen molar-refractivity contribution in [2.45, 2.75) is 91.6 Å². The van der Waals surface area contributed by atoms with Crippen molar-refractivity contribution in [1.29, 1.82) is 0 Å². The largest absolute Gasteiger partial charge is 0.613 e. The van der Waals surface area contributed by atoms with E-state index in [9.17, 15) is 0 Å². The van der Waals surface area contributed by atoms with Crippen LogP contribution in [0.2, 0.25) is 0 Å². The van der Waals surface area contributed by atoms with Crippen LogP contribution in [0, 0.1) is 13.8 Å². The minimum absolute atomic E-state index is 0.504. The summed E-state index contributed by atoms with van der Waals surface area (Å²) in [5, 5.41) is 0.